The van der Waals surface area contributed by atoms with Crippen molar-refractivity contribution in [1.29, 1.82) is 0 Å². The molecule has 5 heteroatoms. The molecule has 1 aromatic heterocycles. The fraction of sp³-hybridized carbons (Fsp3) is 0.263. The van der Waals surface area contributed by atoms with E-state index in [4.69, 9.17) is 0 Å². The van der Waals surface area contributed by atoms with Crippen LogP contribution in [-0.2, 0) is 0 Å². The Balaban J connectivity index is 1.85. The molecule has 0 spiro atoms. The van der Waals surface area contributed by atoms with Crippen LogP contribution in [0.15, 0.2) is 41.3 Å². The van der Waals surface area contributed by atoms with Crippen molar-refractivity contribution in [2.45, 2.75) is 37.8 Å². The second kappa shape index (κ2) is 6.95. The molecule has 0 radical (unpaired) electrons. The summed E-state index contributed by atoms with van der Waals surface area (Å²) in [5, 5.41) is 4.07. The number of rotatable bonds is 4. The number of aryl methyl sites for hydroxylation is 2. The lowest BCUT2D eigenvalue weighted by molar-refractivity contribution is 0.102. The molecule has 3 nitrogen and oxygen atoms in total. The summed E-state index contributed by atoms with van der Waals surface area (Å²) < 4.78 is 1.13. The molecule has 0 saturated carbocycles. The number of carbonyl (C=O) groups excluding carboxylic acids is 1. The molecule has 3 rings (SSSR count). The number of fused-ring (bicyclic) bond motifs is 1. The standard InChI is InChI=1S/C19H20N2OS2/c1-11(2)23-15-7-5-6-14(10-15)18(22)21-19-20-16-12(3)8-9-13(4)17(16)24-19/h5-11H,1-4H3,(H,20,21,22). The first-order valence-electron chi connectivity index (χ1n) is 7.89. The summed E-state index contributed by atoms with van der Waals surface area (Å²) in [7, 11) is 0. The van der Waals surface area contributed by atoms with Crippen molar-refractivity contribution in [1.82, 2.24) is 4.98 Å². The molecule has 1 heterocycles. The Kier molecular flexibility index (Phi) is 4.92. The first-order valence-corrected chi connectivity index (χ1v) is 9.58. The third-order valence-electron chi connectivity index (χ3n) is 3.63. The van der Waals surface area contributed by atoms with E-state index < -0.39 is 0 Å². The number of nitrogens with zero attached hydrogens (tertiary/aromatic N) is 1. The van der Waals surface area contributed by atoms with Gasteiger partial charge in [-0.3, -0.25) is 10.1 Å². The molecule has 2 aromatic carbocycles. The highest BCUT2D eigenvalue weighted by molar-refractivity contribution is 7.99. The van der Waals surface area contributed by atoms with E-state index in [9.17, 15) is 4.79 Å². The maximum absolute atomic E-state index is 12.5. The number of hydrogen-bond donors (Lipinski definition) is 1. The highest BCUT2D eigenvalue weighted by atomic mass is 32.2. The van der Waals surface area contributed by atoms with E-state index in [2.05, 4.69) is 43.2 Å². The Bertz CT molecular complexity index is 861. The van der Waals surface area contributed by atoms with E-state index in [1.165, 1.54) is 16.9 Å². The van der Waals surface area contributed by atoms with Crippen molar-refractivity contribution in [3.8, 4) is 0 Å². The molecule has 3 aromatic rings. The van der Waals surface area contributed by atoms with Gasteiger partial charge in [-0.2, -0.15) is 0 Å². The van der Waals surface area contributed by atoms with Gasteiger partial charge in [0.2, 0.25) is 0 Å². The Morgan fingerprint density at radius 1 is 1.17 bits per heavy atom. The molecule has 0 atom stereocenters. The second-order valence-electron chi connectivity index (χ2n) is 6.04. The molecule has 0 aliphatic heterocycles. The number of anilines is 1. The average molecular weight is 357 g/mol. The van der Waals surface area contributed by atoms with Gasteiger partial charge < -0.3 is 0 Å². The van der Waals surface area contributed by atoms with Crippen LogP contribution >= 0.6 is 23.1 Å². The molecular formula is C19H20N2OS2. The fourth-order valence-corrected chi connectivity index (χ4v) is 4.37. The van der Waals surface area contributed by atoms with Crippen molar-refractivity contribution in [2.24, 2.45) is 0 Å². The minimum Gasteiger partial charge on any atom is -0.298 e. The minimum absolute atomic E-state index is 0.115. The normalized spacial score (nSPS) is 11.2. The predicted octanol–water partition coefficient (Wildman–Crippen LogP) is 5.67. The van der Waals surface area contributed by atoms with Gasteiger partial charge in [-0.05, 0) is 43.2 Å². The molecule has 0 fully saturated rings. The smallest absolute Gasteiger partial charge is 0.257 e. The largest absolute Gasteiger partial charge is 0.298 e. The van der Waals surface area contributed by atoms with Crippen molar-refractivity contribution in [3.63, 3.8) is 0 Å². The molecule has 0 saturated heterocycles. The summed E-state index contributed by atoms with van der Waals surface area (Å²) in [6, 6.07) is 11.9. The lowest BCUT2D eigenvalue weighted by Crippen LogP contribution is -2.11. The van der Waals surface area contributed by atoms with E-state index in [-0.39, 0.29) is 5.91 Å². The molecule has 1 N–H and O–H groups in total. The number of carbonyl (C=O) groups is 1. The summed E-state index contributed by atoms with van der Waals surface area (Å²) in [6.45, 7) is 8.39. The molecule has 124 valence electrons. The SMILES string of the molecule is Cc1ccc(C)c2sc(NC(=O)c3cccc(SC(C)C)c3)nc12. The zero-order valence-corrected chi connectivity index (χ0v) is 15.8. The number of nitrogens with one attached hydrogen (secondary N) is 1. The molecule has 1 amide bonds. The molecule has 0 bridgehead atoms. The van der Waals surface area contributed by atoms with Crippen LogP contribution in [-0.4, -0.2) is 16.1 Å². The van der Waals surface area contributed by atoms with Gasteiger partial charge in [-0.15, -0.1) is 11.8 Å². The lowest BCUT2D eigenvalue weighted by Gasteiger charge is -2.07. The van der Waals surface area contributed by atoms with Crippen molar-refractivity contribution < 1.29 is 4.79 Å². The Hall–Kier alpha value is -1.85. The summed E-state index contributed by atoms with van der Waals surface area (Å²) in [6.07, 6.45) is 0. The van der Waals surface area contributed by atoms with E-state index in [0.29, 0.717) is 15.9 Å². The maximum Gasteiger partial charge on any atom is 0.257 e. The predicted molar refractivity (Wildman–Crippen MR) is 104 cm³/mol. The van der Waals surface area contributed by atoms with Crippen LogP contribution in [0.2, 0.25) is 0 Å². The van der Waals surface area contributed by atoms with E-state index in [0.717, 1.165) is 20.7 Å². The number of hydrogen-bond acceptors (Lipinski definition) is 4. The van der Waals surface area contributed by atoms with Crippen molar-refractivity contribution in [2.75, 3.05) is 5.32 Å². The lowest BCUT2D eigenvalue weighted by atomic mass is 10.1. The molecule has 0 aliphatic carbocycles. The van der Waals surface area contributed by atoms with Crippen LogP contribution in [0, 0.1) is 13.8 Å². The first kappa shape index (κ1) is 17.0. The fourth-order valence-electron chi connectivity index (χ4n) is 2.46. The topological polar surface area (TPSA) is 42.0 Å². The van der Waals surface area contributed by atoms with E-state index in [1.807, 2.05) is 31.2 Å². The highest BCUT2D eigenvalue weighted by Gasteiger charge is 2.13. The summed E-state index contributed by atoms with van der Waals surface area (Å²) >= 11 is 3.28. The zero-order valence-electron chi connectivity index (χ0n) is 14.2. The van der Waals surface area contributed by atoms with Crippen LogP contribution in [0.25, 0.3) is 10.2 Å². The van der Waals surface area contributed by atoms with Crippen LogP contribution in [0.1, 0.15) is 35.3 Å². The van der Waals surface area contributed by atoms with Gasteiger partial charge in [0.15, 0.2) is 5.13 Å². The maximum atomic E-state index is 12.5. The number of thioether (sulfide) groups is 1. The van der Waals surface area contributed by atoms with Gasteiger partial charge in [-0.25, -0.2) is 4.98 Å². The minimum atomic E-state index is -0.115. The van der Waals surface area contributed by atoms with Gasteiger partial charge in [0.05, 0.1) is 10.2 Å². The molecular weight excluding hydrogens is 336 g/mol. The van der Waals surface area contributed by atoms with Gasteiger partial charge in [0, 0.05) is 15.7 Å². The van der Waals surface area contributed by atoms with E-state index >= 15 is 0 Å². The van der Waals surface area contributed by atoms with Crippen molar-refractivity contribution in [3.05, 3.63) is 53.1 Å². The van der Waals surface area contributed by atoms with Gasteiger partial charge in [-0.1, -0.05) is 43.4 Å². The van der Waals surface area contributed by atoms with Crippen molar-refractivity contribution >= 4 is 44.4 Å². The number of aromatic nitrogens is 1. The molecule has 24 heavy (non-hydrogen) atoms. The van der Waals surface area contributed by atoms with E-state index in [1.54, 1.807) is 11.8 Å². The Morgan fingerprint density at radius 2 is 1.92 bits per heavy atom. The number of benzene rings is 2. The first-order chi connectivity index (χ1) is 11.4. The third kappa shape index (κ3) is 3.62. The average Bonchev–Trinajstić information content (AvgIpc) is 2.96. The van der Waals surface area contributed by atoms with Crippen LogP contribution in [0.4, 0.5) is 5.13 Å². The van der Waals surface area contributed by atoms with Gasteiger partial charge >= 0.3 is 0 Å². The van der Waals surface area contributed by atoms with Crippen LogP contribution in [0.5, 0.6) is 0 Å². The van der Waals surface area contributed by atoms with Crippen LogP contribution < -0.4 is 5.32 Å². The van der Waals surface area contributed by atoms with Crippen LogP contribution in [0.3, 0.4) is 0 Å². The molecule has 0 unspecified atom stereocenters. The second-order valence-corrected chi connectivity index (χ2v) is 8.69. The van der Waals surface area contributed by atoms with Gasteiger partial charge in [0.25, 0.3) is 5.91 Å². The highest BCUT2D eigenvalue weighted by Crippen LogP contribution is 2.31. The quantitative estimate of drug-likeness (QED) is 0.613. The molecule has 0 aliphatic rings. The Labute approximate surface area is 150 Å². The summed E-state index contributed by atoms with van der Waals surface area (Å²) in [4.78, 5) is 18.2. The number of thiazole rings is 1. The summed E-state index contributed by atoms with van der Waals surface area (Å²) in [5.74, 6) is -0.115. The Morgan fingerprint density at radius 3 is 2.62 bits per heavy atom. The monoisotopic (exact) mass is 356 g/mol. The zero-order chi connectivity index (χ0) is 17.3. The summed E-state index contributed by atoms with van der Waals surface area (Å²) in [5.41, 5.74) is 3.94. The third-order valence-corrected chi connectivity index (χ3v) is 5.73. The van der Waals surface area contributed by atoms with Gasteiger partial charge in [0.1, 0.15) is 0 Å². The number of amides is 1.